The monoisotopic (exact) mass is 375 g/mol. The Morgan fingerprint density at radius 3 is 2.52 bits per heavy atom. The Kier molecular flexibility index (Phi) is 5.80. The second kappa shape index (κ2) is 8.46. The lowest BCUT2D eigenvalue weighted by Gasteiger charge is -2.35. The molecule has 1 aliphatic carbocycles. The molecule has 2 aliphatic heterocycles. The number of nitrogens with zero attached hydrogens (tertiary/aromatic N) is 1. The largest absolute Gasteiger partial charge is 0.378 e. The van der Waals surface area contributed by atoms with Gasteiger partial charge in [0.15, 0.2) is 5.79 Å². The van der Waals surface area contributed by atoms with E-state index in [4.69, 9.17) is 14.2 Å². The average molecular weight is 375 g/mol. The molecule has 2 N–H and O–H groups in total. The molecule has 7 heteroatoms. The summed E-state index contributed by atoms with van der Waals surface area (Å²) in [6.45, 7) is 5.15. The number of morpholine rings is 1. The summed E-state index contributed by atoms with van der Waals surface area (Å²) in [4.78, 5) is 14.7. The quantitative estimate of drug-likeness (QED) is 0.842. The number of hydrogen-bond donors (Lipinski definition) is 2. The van der Waals surface area contributed by atoms with Crippen molar-refractivity contribution in [2.45, 2.75) is 44.1 Å². The number of nitrogens with one attached hydrogen (secondary N) is 2. The molecule has 148 valence electrons. The van der Waals surface area contributed by atoms with Gasteiger partial charge in [0.25, 0.3) is 0 Å². The molecule has 1 spiro atoms. The first kappa shape index (κ1) is 18.5. The maximum Gasteiger partial charge on any atom is 0.315 e. The second-order valence-electron chi connectivity index (χ2n) is 7.44. The number of rotatable bonds is 4. The minimum Gasteiger partial charge on any atom is -0.378 e. The number of para-hydroxylation sites is 1. The van der Waals surface area contributed by atoms with Crippen molar-refractivity contribution in [3.63, 3.8) is 0 Å². The van der Waals surface area contributed by atoms with Gasteiger partial charge in [-0.3, -0.25) is 0 Å². The summed E-state index contributed by atoms with van der Waals surface area (Å²) in [6.07, 6.45) is 3.46. The first-order valence-electron chi connectivity index (χ1n) is 9.97. The zero-order valence-corrected chi connectivity index (χ0v) is 15.7. The van der Waals surface area contributed by atoms with E-state index in [9.17, 15) is 4.79 Å². The van der Waals surface area contributed by atoms with E-state index in [1.807, 2.05) is 12.1 Å². The molecular weight excluding hydrogens is 346 g/mol. The molecule has 0 atom stereocenters. The Morgan fingerprint density at radius 1 is 1.07 bits per heavy atom. The van der Waals surface area contributed by atoms with Crippen molar-refractivity contribution in [1.29, 1.82) is 0 Å². The van der Waals surface area contributed by atoms with Crippen LogP contribution in [0.2, 0.25) is 0 Å². The van der Waals surface area contributed by atoms with Crippen LogP contribution in [0.25, 0.3) is 0 Å². The van der Waals surface area contributed by atoms with Gasteiger partial charge in [-0.15, -0.1) is 0 Å². The van der Waals surface area contributed by atoms with Crippen LogP contribution >= 0.6 is 0 Å². The van der Waals surface area contributed by atoms with E-state index in [1.165, 1.54) is 5.69 Å². The molecule has 0 unspecified atom stereocenters. The summed E-state index contributed by atoms with van der Waals surface area (Å²) < 4.78 is 16.9. The van der Waals surface area contributed by atoms with Gasteiger partial charge in [-0.05, 0) is 24.5 Å². The first-order valence-corrected chi connectivity index (χ1v) is 9.97. The van der Waals surface area contributed by atoms with Crippen molar-refractivity contribution in [2.75, 3.05) is 44.4 Å². The smallest absolute Gasteiger partial charge is 0.315 e. The molecule has 3 aliphatic rings. The van der Waals surface area contributed by atoms with E-state index in [0.29, 0.717) is 19.8 Å². The van der Waals surface area contributed by atoms with Gasteiger partial charge in [0.05, 0.1) is 26.4 Å². The molecule has 0 aromatic heterocycles. The SMILES string of the molecule is O=C(NCc1ccccc1N1CCOCC1)NC1CCC2(CC1)OCCO2. The van der Waals surface area contributed by atoms with Gasteiger partial charge in [-0.1, -0.05) is 18.2 Å². The first-order chi connectivity index (χ1) is 13.2. The van der Waals surface area contributed by atoms with Gasteiger partial charge in [0.2, 0.25) is 0 Å². The van der Waals surface area contributed by atoms with E-state index < -0.39 is 0 Å². The van der Waals surface area contributed by atoms with Crippen LogP contribution in [0.1, 0.15) is 31.2 Å². The van der Waals surface area contributed by atoms with Crippen LogP contribution in [-0.2, 0) is 20.8 Å². The van der Waals surface area contributed by atoms with Crippen molar-refractivity contribution in [2.24, 2.45) is 0 Å². The Bertz CT molecular complexity index is 632. The normalized spacial score (nSPS) is 22.7. The molecule has 27 heavy (non-hydrogen) atoms. The Morgan fingerprint density at radius 2 is 1.78 bits per heavy atom. The molecule has 1 aromatic carbocycles. The predicted molar refractivity (Wildman–Crippen MR) is 102 cm³/mol. The fraction of sp³-hybridized carbons (Fsp3) is 0.650. The fourth-order valence-corrected chi connectivity index (χ4v) is 4.17. The predicted octanol–water partition coefficient (Wildman–Crippen LogP) is 2.01. The van der Waals surface area contributed by atoms with Crippen LogP contribution in [0.15, 0.2) is 24.3 Å². The number of benzene rings is 1. The Balaban J connectivity index is 1.26. The lowest BCUT2D eigenvalue weighted by molar-refractivity contribution is -0.179. The van der Waals surface area contributed by atoms with Crippen LogP contribution in [0.5, 0.6) is 0 Å². The van der Waals surface area contributed by atoms with Crippen molar-refractivity contribution in [3.8, 4) is 0 Å². The van der Waals surface area contributed by atoms with Crippen molar-refractivity contribution < 1.29 is 19.0 Å². The minimum absolute atomic E-state index is 0.110. The maximum absolute atomic E-state index is 12.4. The summed E-state index contributed by atoms with van der Waals surface area (Å²) in [5.74, 6) is -0.383. The van der Waals surface area contributed by atoms with E-state index in [1.54, 1.807) is 0 Å². The number of carbonyl (C=O) groups is 1. The van der Waals surface area contributed by atoms with Crippen molar-refractivity contribution >= 4 is 11.7 Å². The number of amides is 2. The van der Waals surface area contributed by atoms with Crippen LogP contribution in [0.4, 0.5) is 10.5 Å². The van der Waals surface area contributed by atoms with Gasteiger partial charge in [-0.25, -0.2) is 4.79 Å². The van der Waals surface area contributed by atoms with E-state index >= 15 is 0 Å². The highest BCUT2D eigenvalue weighted by Crippen LogP contribution is 2.35. The number of carbonyl (C=O) groups excluding carboxylic acids is 1. The summed E-state index contributed by atoms with van der Waals surface area (Å²) in [5, 5.41) is 6.12. The Hall–Kier alpha value is -1.83. The standard InChI is InChI=1S/C20H29N3O4/c24-19(22-17-5-7-20(8-6-17)26-13-14-27-20)21-15-16-3-1-2-4-18(16)23-9-11-25-12-10-23/h1-4,17H,5-15H2,(H2,21,22,24). The van der Waals surface area contributed by atoms with E-state index in [2.05, 4.69) is 27.7 Å². The van der Waals surface area contributed by atoms with Gasteiger partial charge >= 0.3 is 6.03 Å². The number of anilines is 1. The molecule has 3 fully saturated rings. The van der Waals surface area contributed by atoms with Gasteiger partial charge < -0.3 is 29.7 Å². The van der Waals surface area contributed by atoms with Gasteiger partial charge in [0, 0.05) is 44.2 Å². The zero-order valence-electron chi connectivity index (χ0n) is 15.7. The fourth-order valence-electron chi connectivity index (χ4n) is 4.17. The lowest BCUT2D eigenvalue weighted by atomic mass is 9.90. The summed E-state index contributed by atoms with van der Waals surface area (Å²) in [6, 6.07) is 8.31. The third-order valence-electron chi connectivity index (χ3n) is 5.68. The number of hydrogen-bond acceptors (Lipinski definition) is 5. The molecule has 7 nitrogen and oxygen atoms in total. The third-order valence-corrected chi connectivity index (χ3v) is 5.68. The van der Waals surface area contributed by atoms with Crippen LogP contribution < -0.4 is 15.5 Å². The molecule has 0 bridgehead atoms. The van der Waals surface area contributed by atoms with Gasteiger partial charge in [0.1, 0.15) is 0 Å². The zero-order chi connectivity index (χ0) is 18.5. The molecule has 2 amide bonds. The lowest BCUT2D eigenvalue weighted by Crippen LogP contribution is -2.47. The van der Waals surface area contributed by atoms with Crippen LogP contribution in [0.3, 0.4) is 0 Å². The summed E-state index contributed by atoms with van der Waals surface area (Å²) in [7, 11) is 0. The topological polar surface area (TPSA) is 72.1 Å². The van der Waals surface area contributed by atoms with Crippen molar-refractivity contribution in [3.05, 3.63) is 29.8 Å². The molecule has 1 aromatic rings. The van der Waals surface area contributed by atoms with Crippen molar-refractivity contribution in [1.82, 2.24) is 10.6 Å². The number of ether oxygens (including phenoxy) is 3. The summed E-state index contributed by atoms with van der Waals surface area (Å²) in [5.41, 5.74) is 2.31. The molecular formula is C20H29N3O4. The van der Waals surface area contributed by atoms with E-state index in [0.717, 1.165) is 57.6 Å². The molecule has 0 radical (unpaired) electrons. The van der Waals surface area contributed by atoms with Crippen LogP contribution in [-0.4, -0.2) is 57.4 Å². The third kappa shape index (κ3) is 4.54. The average Bonchev–Trinajstić information content (AvgIpc) is 3.17. The maximum atomic E-state index is 12.4. The molecule has 1 saturated carbocycles. The highest BCUT2D eigenvalue weighted by atomic mass is 16.7. The molecule has 2 heterocycles. The highest BCUT2D eigenvalue weighted by molar-refractivity contribution is 5.74. The minimum atomic E-state index is -0.383. The van der Waals surface area contributed by atoms with Gasteiger partial charge in [-0.2, -0.15) is 0 Å². The second-order valence-corrected chi connectivity index (χ2v) is 7.44. The Labute approximate surface area is 160 Å². The number of urea groups is 1. The van der Waals surface area contributed by atoms with E-state index in [-0.39, 0.29) is 17.9 Å². The highest BCUT2D eigenvalue weighted by Gasteiger charge is 2.40. The molecule has 4 rings (SSSR count). The van der Waals surface area contributed by atoms with Crippen LogP contribution in [0, 0.1) is 0 Å². The summed E-state index contributed by atoms with van der Waals surface area (Å²) >= 11 is 0. The molecule has 2 saturated heterocycles.